The molecule has 1 aliphatic rings. The van der Waals surface area contributed by atoms with Crippen molar-refractivity contribution in [3.05, 3.63) is 11.6 Å². The second-order valence-electron chi connectivity index (χ2n) is 3.72. The van der Waals surface area contributed by atoms with Gasteiger partial charge in [-0.2, -0.15) is 0 Å². The maximum Gasteiger partial charge on any atom is 0.0817 e. The van der Waals surface area contributed by atoms with Crippen LogP contribution in [-0.4, -0.2) is 19.8 Å². The second-order valence-corrected chi connectivity index (χ2v) is 4.25. The topological polar surface area (TPSA) is 35.2 Å². The number of rotatable bonds is 5. The molecule has 0 aromatic carbocycles. The summed E-state index contributed by atoms with van der Waals surface area (Å²) in [5.74, 6) is 1.30. The quantitative estimate of drug-likeness (QED) is 0.743. The lowest BCUT2D eigenvalue weighted by molar-refractivity contribution is 0.106. The van der Waals surface area contributed by atoms with Crippen molar-refractivity contribution in [2.45, 2.75) is 19.3 Å². The zero-order chi connectivity index (χ0) is 9.68. The van der Waals surface area contributed by atoms with Gasteiger partial charge in [-0.3, -0.25) is 0 Å². The van der Waals surface area contributed by atoms with Gasteiger partial charge >= 0.3 is 0 Å². The molecule has 0 aromatic rings. The van der Waals surface area contributed by atoms with E-state index >= 15 is 0 Å². The predicted molar refractivity (Wildman–Crippen MR) is 55.7 cm³/mol. The summed E-state index contributed by atoms with van der Waals surface area (Å²) >= 11 is 5.59. The Kier molecular flexibility index (Phi) is 4.78. The summed E-state index contributed by atoms with van der Waals surface area (Å²) in [4.78, 5) is 0. The van der Waals surface area contributed by atoms with Gasteiger partial charge in [0.15, 0.2) is 0 Å². The van der Waals surface area contributed by atoms with Crippen LogP contribution in [0.25, 0.3) is 0 Å². The lowest BCUT2D eigenvalue weighted by Gasteiger charge is -2.17. The van der Waals surface area contributed by atoms with E-state index in [4.69, 9.17) is 22.1 Å². The second kappa shape index (κ2) is 5.63. The molecule has 2 nitrogen and oxygen atoms in total. The van der Waals surface area contributed by atoms with Gasteiger partial charge in [0.25, 0.3) is 0 Å². The van der Waals surface area contributed by atoms with E-state index in [9.17, 15) is 0 Å². The van der Waals surface area contributed by atoms with Crippen molar-refractivity contribution in [3.63, 3.8) is 0 Å². The van der Waals surface area contributed by atoms with Gasteiger partial charge in [-0.05, 0) is 31.2 Å². The molecule has 0 amide bonds. The highest BCUT2D eigenvalue weighted by molar-refractivity contribution is 6.29. The molecule has 0 aromatic heterocycles. The molecule has 0 saturated heterocycles. The molecule has 1 fully saturated rings. The van der Waals surface area contributed by atoms with Crippen LogP contribution in [0.3, 0.4) is 0 Å². The lowest BCUT2D eigenvalue weighted by Crippen LogP contribution is -2.22. The lowest BCUT2D eigenvalue weighted by atomic mass is 9.97. The van der Waals surface area contributed by atoms with Gasteiger partial charge < -0.3 is 10.5 Å². The highest BCUT2D eigenvalue weighted by Crippen LogP contribution is 2.30. The first-order chi connectivity index (χ1) is 6.24. The number of hydrogen-bond acceptors (Lipinski definition) is 2. The maximum atomic E-state index is 5.66. The molecule has 3 heteroatoms. The largest absolute Gasteiger partial charge is 0.376 e. The zero-order valence-electron chi connectivity index (χ0n) is 7.97. The SMILES string of the molecule is C=C(Cl)COCC1CCCC1CN. The molecule has 2 N–H and O–H groups in total. The molecule has 1 saturated carbocycles. The van der Waals surface area contributed by atoms with E-state index in [-0.39, 0.29) is 0 Å². The summed E-state index contributed by atoms with van der Waals surface area (Å²) < 4.78 is 5.42. The van der Waals surface area contributed by atoms with E-state index in [0.717, 1.165) is 13.2 Å². The van der Waals surface area contributed by atoms with E-state index in [0.29, 0.717) is 23.5 Å². The molecule has 1 rings (SSSR count). The smallest absolute Gasteiger partial charge is 0.0817 e. The van der Waals surface area contributed by atoms with E-state index < -0.39 is 0 Å². The Morgan fingerprint density at radius 1 is 1.46 bits per heavy atom. The van der Waals surface area contributed by atoms with Crippen LogP contribution in [0.15, 0.2) is 11.6 Å². The molecule has 0 heterocycles. The molecule has 13 heavy (non-hydrogen) atoms. The Balaban J connectivity index is 2.16. The van der Waals surface area contributed by atoms with Gasteiger partial charge in [-0.1, -0.05) is 24.6 Å². The highest BCUT2D eigenvalue weighted by Gasteiger charge is 2.25. The average molecular weight is 204 g/mol. The van der Waals surface area contributed by atoms with E-state index in [1.807, 2.05) is 0 Å². The van der Waals surface area contributed by atoms with Crippen LogP contribution in [0.1, 0.15) is 19.3 Å². The number of halogens is 1. The maximum absolute atomic E-state index is 5.66. The Bertz CT molecular complexity index is 172. The number of ether oxygens (including phenoxy) is 1. The van der Waals surface area contributed by atoms with Gasteiger partial charge in [0.1, 0.15) is 0 Å². The van der Waals surface area contributed by atoms with Gasteiger partial charge in [0.2, 0.25) is 0 Å². The van der Waals surface area contributed by atoms with Crippen molar-refractivity contribution >= 4 is 11.6 Å². The molecule has 0 radical (unpaired) electrons. The van der Waals surface area contributed by atoms with Gasteiger partial charge in [-0.15, -0.1) is 0 Å². The van der Waals surface area contributed by atoms with E-state index in [1.165, 1.54) is 19.3 Å². The molecule has 1 aliphatic carbocycles. The molecular weight excluding hydrogens is 186 g/mol. The Labute approximate surface area is 85.1 Å². The highest BCUT2D eigenvalue weighted by atomic mass is 35.5. The van der Waals surface area contributed by atoms with Crippen LogP contribution in [-0.2, 0) is 4.74 Å². The zero-order valence-corrected chi connectivity index (χ0v) is 8.72. The van der Waals surface area contributed by atoms with Crippen LogP contribution in [0.4, 0.5) is 0 Å². The summed E-state index contributed by atoms with van der Waals surface area (Å²) in [6, 6.07) is 0. The van der Waals surface area contributed by atoms with Crippen molar-refractivity contribution in [1.82, 2.24) is 0 Å². The predicted octanol–water partition coefficient (Wildman–Crippen LogP) is 2.13. The molecular formula is C10H18ClNO. The van der Waals surface area contributed by atoms with Crippen molar-refractivity contribution in [3.8, 4) is 0 Å². The molecule has 0 bridgehead atoms. The minimum atomic E-state index is 0.468. The first-order valence-electron chi connectivity index (χ1n) is 4.85. The number of nitrogens with two attached hydrogens (primary N) is 1. The minimum Gasteiger partial charge on any atom is -0.376 e. The third kappa shape index (κ3) is 3.67. The van der Waals surface area contributed by atoms with Crippen LogP contribution in [0.2, 0.25) is 0 Å². The van der Waals surface area contributed by atoms with Crippen LogP contribution >= 0.6 is 11.6 Å². The Morgan fingerprint density at radius 3 is 2.77 bits per heavy atom. The summed E-state index contributed by atoms with van der Waals surface area (Å²) in [5.41, 5.74) is 5.66. The van der Waals surface area contributed by atoms with Crippen molar-refractivity contribution < 1.29 is 4.74 Å². The first-order valence-corrected chi connectivity index (χ1v) is 5.23. The summed E-state index contributed by atoms with van der Waals surface area (Å²) in [7, 11) is 0. The molecule has 76 valence electrons. The minimum absolute atomic E-state index is 0.468. The number of hydrogen-bond donors (Lipinski definition) is 1. The normalized spacial score (nSPS) is 27.8. The third-order valence-corrected chi connectivity index (χ3v) is 2.82. The fraction of sp³-hybridized carbons (Fsp3) is 0.800. The summed E-state index contributed by atoms with van der Waals surface area (Å²) in [6.45, 7) is 5.61. The fourth-order valence-corrected chi connectivity index (χ4v) is 2.04. The fourth-order valence-electron chi connectivity index (χ4n) is 1.96. The third-order valence-electron chi connectivity index (χ3n) is 2.71. The van der Waals surface area contributed by atoms with Gasteiger partial charge in [0, 0.05) is 5.03 Å². The van der Waals surface area contributed by atoms with Crippen LogP contribution in [0, 0.1) is 11.8 Å². The van der Waals surface area contributed by atoms with Crippen LogP contribution in [0.5, 0.6) is 0 Å². The first kappa shape index (κ1) is 11.0. The standard InChI is InChI=1S/C10H18ClNO/c1-8(11)6-13-7-10-4-2-3-9(10)5-12/h9-10H,1-7,12H2. The Hall–Kier alpha value is -0.0500. The monoisotopic (exact) mass is 203 g/mol. The van der Waals surface area contributed by atoms with Crippen molar-refractivity contribution in [1.29, 1.82) is 0 Å². The average Bonchev–Trinajstić information content (AvgIpc) is 2.51. The molecule has 0 aliphatic heterocycles. The van der Waals surface area contributed by atoms with E-state index in [1.54, 1.807) is 0 Å². The Morgan fingerprint density at radius 2 is 2.15 bits per heavy atom. The molecule has 2 unspecified atom stereocenters. The van der Waals surface area contributed by atoms with E-state index in [2.05, 4.69) is 6.58 Å². The van der Waals surface area contributed by atoms with Gasteiger partial charge in [0.05, 0.1) is 13.2 Å². The molecule has 0 spiro atoms. The van der Waals surface area contributed by atoms with Crippen LogP contribution < -0.4 is 5.73 Å². The van der Waals surface area contributed by atoms with Gasteiger partial charge in [-0.25, -0.2) is 0 Å². The summed E-state index contributed by atoms with van der Waals surface area (Å²) in [6.07, 6.45) is 3.79. The molecule has 2 atom stereocenters. The van der Waals surface area contributed by atoms with Crippen molar-refractivity contribution in [2.75, 3.05) is 19.8 Å². The summed E-state index contributed by atoms with van der Waals surface area (Å²) in [5, 5.41) is 0.572. The van der Waals surface area contributed by atoms with Crippen molar-refractivity contribution in [2.24, 2.45) is 17.6 Å².